The van der Waals surface area contributed by atoms with E-state index in [1.807, 2.05) is 0 Å². The second-order valence-electron chi connectivity index (χ2n) is 5.61. The molecule has 2 atom stereocenters. The Hall–Kier alpha value is -1.57. The van der Waals surface area contributed by atoms with Crippen LogP contribution < -0.4 is 15.4 Å². The average Bonchev–Trinajstić information content (AvgIpc) is 2.48. The first-order valence-electron chi connectivity index (χ1n) is 7.55. The maximum atomic E-state index is 11.9. The lowest BCUT2D eigenvalue weighted by molar-refractivity contribution is -0.385. The normalized spacial score (nSPS) is 19.9. The van der Waals surface area contributed by atoms with Crippen LogP contribution in [0.3, 0.4) is 0 Å². The van der Waals surface area contributed by atoms with Crippen LogP contribution in [0.25, 0.3) is 0 Å². The zero-order valence-corrected chi connectivity index (χ0v) is 14.9. The first-order chi connectivity index (χ1) is 11.0. The molecule has 1 amide bonds. The molecule has 1 heterocycles. The van der Waals surface area contributed by atoms with E-state index >= 15 is 0 Å². The molecule has 1 aromatic carbocycles. The number of halogens is 2. The lowest BCUT2D eigenvalue weighted by Crippen LogP contribution is -2.46. The highest BCUT2D eigenvalue weighted by atomic mass is 35.5. The number of nitrogens with one attached hydrogen (secondary N) is 2. The Morgan fingerprint density at radius 3 is 2.96 bits per heavy atom. The Kier molecular flexibility index (Phi) is 8.24. The summed E-state index contributed by atoms with van der Waals surface area (Å²) in [6, 6.07) is 4.74. The van der Waals surface area contributed by atoms with E-state index < -0.39 is 4.92 Å². The number of amides is 1. The van der Waals surface area contributed by atoms with Crippen LogP contribution in [-0.4, -0.2) is 36.1 Å². The number of carbonyl (C=O) groups is 1. The van der Waals surface area contributed by atoms with Crippen molar-refractivity contribution >= 4 is 35.6 Å². The van der Waals surface area contributed by atoms with E-state index in [1.165, 1.54) is 18.2 Å². The number of hydrogen-bond donors (Lipinski definition) is 2. The van der Waals surface area contributed by atoms with Crippen LogP contribution in [0.1, 0.15) is 26.2 Å². The summed E-state index contributed by atoms with van der Waals surface area (Å²) >= 11 is 5.74. The largest absolute Gasteiger partial charge is 0.486 e. The molecular formula is C15H21Cl2N3O4. The molecule has 2 unspecified atom stereocenters. The number of ether oxygens (including phenoxy) is 1. The van der Waals surface area contributed by atoms with Gasteiger partial charge < -0.3 is 15.4 Å². The van der Waals surface area contributed by atoms with Gasteiger partial charge in [-0.1, -0.05) is 11.6 Å². The minimum absolute atomic E-state index is 0. The van der Waals surface area contributed by atoms with Crippen molar-refractivity contribution in [3.05, 3.63) is 33.3 Å². The molecule has 2 rings (SSSR count). The lowest BCUT2D eigenvalue weighted by Gasteiger charge is -2.28. The zero-order valence-electron chi connectivity index (χ0n) is 13.3. The maximum absolute atomic E-state index is 11.9. The Morgan fingerprint density at radius 1 is 1.54 bits per heavy atom. The van der Waals surface area contributed by atoms with Gasteiger partial charge in [-0.2, -0.15) is 0 Å². The fraction of sp³-hybridized carbons (Fsp3) is 0.533. The number of benzene rings is 1. The monoisotopic (exact) mass is 377 g/mol. The van der Waals surface area contributed by atoms with Gasteiger partial charge in [0.15, 0.2) is 5.75 Å². The van der Waals surface area contributed by atoms with Gasteiger partial charge in [-0.05, 0) is 38.4 Å². The van der Waals surface area contributed by atoms with E-state index in [4.69, 9.17) is 16.3 Å². The fourth-order valence-electron chi connectivity index (χ4n) is 2.57. The van der Waals surface area contributed by atoms with E-state index in [-0.39, 0.29) is 53.8 Å². The van der Waals surface area contributed by atoms with Crippen LogP contribution >= 0.6 is 24.0 Å². The van der Waals surface area contributed by atoms with Crippen LogP contribution in [-0.2, 0) is 4.79 Å². The van der Waals surface area contributed by atoms with Gasteiger partial charge in [0.2, 0.25) is 5.91 Å². The average molecular weight is 378 g/mol. The zero-order chi connectivity index (χ0) is 16.8. The molecule has 1 saturated heterocycles. The molecular weight excluding hydrogens is 357 g/mol. The van der Waals surface area contributed by atoms with Crippen molar-refractivity contribution in [1.82, 2.24) is 10.6 Å². The highest BCUT2D eigenvalue weighted by Gasteiger charge is 2.20. The second-order valence-corrected chi connectivity index (χ2v) is 6.05. The summed E-state index contributed by atoms with van der Waals surface area (Å²) in [7, 11) is 0. The van der Waals surface area contributed by atoms with E-state index in [9.17, 15) is 14.9 Å². The molecule has 0 spiro atoms. The molecule has 0 bridgehead atoms. The standard InChI is InChI=1S/C15H20ClN3O4.ClH/c1-10-8-12(4-6-17-10)18-15(20)5-7-23-14-3-2-11(16)9-13(14)19(21)22;/h2-3,9-10,12,17H,4-8H2,1H3,(H,18,20);1H. The van der Waals surface area contributed by atoms with Crippen molar-refractivity contribution in [2.75, 3.05) is 13.2 Å². The Bertz CT molecular complexity index is 586. The highest BCUT2D eigenvalue weighted by Crippen LogP contribution is 2.29. The van der Waals surface area contributed by atoms with Crippen LogP contribution in [0.5, 0.6) is 5.75 Å². The van der Waals surface area contributed by atoms with Crippen molar-refractivity contribution in [3.8, 4) is 5.75 Å². The summed E-state index contributed by atoms with van der Waals surface area (Å²) in [6.45, 7) is 3.05. The van der Waals surface area contributed by atoms with E-state index in [1.54, 1.807) is 0 Å². The van der Waals surface area contributed by atoms with Gasteiger partial charge in [-0.15, -0.1) is 12.4 Å². The molecule has 1 fully saturated rings. The summed E-state index contributed by atoms with van der Waals surface area (Å²) in [5.74, 6) is 0.00315. The minimum atomic E-state index is -0.558. The molecule has 134 valence electrons. The molecule has 1 aliphatic rings. The summed E-state index contributed by atoms with van der Waals surface area (Å²) in [4.78, 5) is 22.3. The number of hydrogen-bond acceptors (Lipinski definition) is 5. The number of carbonyl (C=O) groups excluding carboxylic acids is 1. The maximum Gasteiger partial charge on any atom is 0.312 e. The quantitative estimate of drug-likeness (QED) is 0.587. The number of piperidine rings is 1. The molecule has 9 heteroatoms. The van der Waals surface area contributed by atoms with Crippen molar-refractivity contribution < 1.29 is 14.5 Å². The fourth-order valence-corrected chi connectivity index (χ4v) is 2.74. The van der Waals surface area contributed by atoms with Crippen LogP contribution in [0, 0.1) is 10.1 Å². The molecule has 2 N–H and O–H groups in total. The molecule has 0 saturated carbocycles. The Balaban J connectivity index is 0.00000288. The van der Waals surface area contributed by atoms with Gasteiger partial charge >= 0.3 is 5.69 Å². The van der Waals surface area contributed by atoms with Gasteiger partial charge in [0.25, 0.3) is 0 Å². The third kappa shape index (κ3) is 6.14. The predicted molar refractivity (Wildman–Crippen MR) is 94.1 cm³/mol. The van der Waals surface area contributed by atoms with E-state index in [2.05, 4.69) is 17.6 Å². The minimum Gasteiger partial charge on any atom is -0.486 e. The van der Waals surface area contributed by atoms with Gasteiger partial charge in [0, 0.05) is 23.2 Å². The summed E-state index contributed by atoms with van der Waals surface area (Å²) in [5, 5.41) is 17.5. The SMILES string of the molecule is CC1CC(NC(=O)CCOc2ccc(Cl)cc2[N+](=O)[O-])CCN1.Cl. The van der Waals surface area contributed by atoms with Gasteiger partial charge in [-0.25, -0.2) is 0 Å². The number of nitrogens with zero attached hydrogens (tertiary/aromatic N) is 1. The van der Waals surface area contributed by atoms with E-state index in [0.29, 0.717) is 6.04 Å². The van der Waals surface area contributed by atoms with Crippen molar-refractivity contribution in [2.45, 2.75) is 38.3 Å². The number of rotatable bonds is 6. The first kappa shape index (κ1) is 20.5. The number of nitro benzene ring substituents is 1. The van der Waals surface area contributed by atoms with Crippen molar-refractivity contribution in [1.29, 1.82) is 0 Å². The summed E-state index contributed by atoms with van der Waals surface area (Å²) < 4.78 is 5.36. The topological polar surface area (TPSA) is 93.5 Å². The molecule has 24 heavy (non-hydrogen) atoms. The third-order valence-corrected chi connectivity index (χ3v) is 3.93. The van der Waals surface area contributed by atoms with Crippen molar-refractivity contribution in [2.24, 2.45) is 0 Å². The Morgan fingerprint density at radius 2 is 2.29 bits per heavy atom. The third-order valence-electron chi connectivity index (χ3n) is 3.69. The molecule has 0 aromatic heterocycles. The van der Waals surface area contributed by atoms with Crippen LogP contribution in [0.4, 0.5) is 5.69 Å². The van der Waals surface area contributed by atoms with Crippen molar-refractivity contribution in [3.63, 3.8) is 0 Å². The summed E-state index contributed by atoms with van der Waals surface area (Å²) in [5.41, 5.74) is -0.204. The molecule has 0 radical (unpaired) electrons. The second kappa shape index (κ2) is 9.66. The van der Waals surface area contributed by atoms with Gasteiger partial charge in [0.1, 0.15) is 0 Å². The number of nitro groups is 1. The molecule has 1 aromatic rings. The summed E-state index contributed by atoms with van der Waals surface area (Å²) in [6.07, 6.45) is 1.95. The molecule has 0 aliphatic carbocycles. The predicted octanol–water partition coefficient (Wildman–Crippen LogP) is 2.70. The van der Waals surface area contributed by atoms with Crippen LogP contribution in [0.15, 0.2) is 18.2 Å². The smallest absolute Gasteiger partial charge is 0.312 e. The molecule has 7 nitrogen and oxygen atoms in total. The molecule has 1 aliphatic heterocycles. The Labute approximate surface area is 151 Å². The van der Waals surface area contributed by atoms with E-state index in [0.717, 1.165) is 19.4 Å². The van der Waals surface area contributed by atoms with Crippen LogP contribution in [0.2, 0.25) is 5.02 Å². The lowest BCUT2D eigenvalue weighted by atomic mass is 10.0. The van der Waals surface area contributed by atoms with Gasteiger partial charge in [-0.3, -0.25) is 14.9 Å². The van der Waals surface area contributed by atoms with Gasteiger partial charge in [0.05, 0.1) is 18.0 Å². The highest BCUT2D eigenvalue weighted by molar-refractivity contribution is 6.30. The first-order valence-corrected chi connectivity index (χ1v) is 7.93.